The Labute approximate surface area is 113 Å². The van der Waals surface area contributed by atoms with E-state index in [0.29, 0.717) is 11.9 Å². The SMILES string of the molecule is COCCN(C)c1cc(N2CCCC2)nc(Cl)n1. The predicted octanol–water partition coefficient (Wildman–Crippen LogP) is 1.81. The zero-order chi connectivity index (χ0) is 13.0. The Morgan fingerprint density at radius 2 is 2.11 bits per heavy atom. The Bertz CT molecular complexity index is 396. The van der Waals surface area contributed by atoms with Crippen molar-refractivity contribution in [2.75, 3.05) is 50.2 Å². The fraction of sp³-hybridized carbons (Fsp3) is 0.667. The van der Waals surface area contributed by atoms with E-state index in [1.807, 2.05) is 18.0 Å². The van der Waals surface area contributed by atoms with Crippen molar-refractivity contribution in [3.63, 3.8) is 0 Å². The van der Waals surface area contributed by atoms with Gasteiger partial charge in [0.15, 0.2) is 0 Å². The Kier molecular flexibility index (Phi) is 4.60. The number of hydrogen-bond acceptors (Lipinski definition) is 5. The first-order chi connectivity index (χ1) is 8.70. The van der Waals surface area contributed by atoms with Gasteiger partial charge in [-0.3, -0.25) is 0 Å². The van der Waals surface area contributed by atoms with Crippen LogP contribution in [0.3, 0.4) is 0 Å². The number of nitrogens with zero attached hydrogens (tertiary/aromatic N) is 4. The van der Waals surface area contributed by atoms with Crippen LogP contribution in [0.15, 0.2) is 6.07 Å². The van der Waals surface area contributed by atoms with Crippen molar-refractivity contribution in [2.24, 2.45) is 0 Å². The van der Waals surface area contributed by atoms with Gasteiger partial charge in [-0.1, -0.05) is 0 Å². The monoisotopic (exact) mass is 270 g/mol. The maximum atomic E-state index is 6.00. The first-order valence-corrected chi connectivity index (χ1v) is 6.58. The molecule has 0 saturated carbocycles. The molecule has 6 heteroatoms. The molecule has 0 unspecified atom stereocenters. The molecule has 1 aliphatic heterocycles. The molecular formula is C12H19ClN4O. The molecule has 0 N–H and O–H groups in total. The normalized spacial score (nSPS) is 15.2. The lowest BCUT2D eigenvalue weighted by Crippen LogP contribution is -2.25. The van der Waals surface area contributed by atoms with Gasteiger partial charge in [0.2, 0.25) is 5.28 Å². The van der Waals surface area contributed by atoms with Crippen molar-refractivity contribution in [3.8, 4) is 0 Å². The predicted molar refractivity (Wildman–Crippen MR) is 73.6 cm³/mol. The maximum Gasteiger partial charge on any atom is 0.226 e. The molecule has 100 valence electrons. The lowest BCUT2D eigenvalue weighted by atomic mass is 10.4. The summed E-state index contributed by atoms with van der Waals surface area (Å²) in [6.45, 7) is 3.55. The summed E-state index contributed by atoms with van der Waals surface area (Å²) in [5.41, 5.74) is 0. The third kappa shape index (κ3) is 3.23. The molecule has 0 amide bonds. The van der Waals surface area contributed by atoms with Gasteiger partial charge in [0, 0.05) is 39.9 Å². The van der Waals surface area contributed by atoms with E-state index in [2.05, 4.69) is 14.9 Å². The average Bonchev–Trinajstić information content (AvgIpc) is 2.89. The van der Waals surface area contributed by atoms with E-state index in [-0.39, 0.29) is 0 Å². The van der Waals surface area contributed by atoms with E-state index in [1.165, 1.54) is 12.8 Å². The molecule has 1 saturated heterocycles. The van der Waals surface area contributed by atoms with Gasteiger partial charge in [-0.2, -0.15) is 0 Å². The number of hydrogen-bond donors (Lipinski definition) is 0. The van der Waals surface area contributed by atoms with E-state index in [1.54, 1.807) is 7.11 Å². The van der Waals surface area contributed by atoms with Gasteiger partial charge in [0.25, 0.3) is 0 Å². The number of methoxy groups -OCH3 is 1. The summed E-state index contributed by atoms with van der Waals surface area (Å²) in [6, 6.07) is 1.99. The molecule has 1 aromatic heterocycles. The third-order valence-electron chi connectivity index (χ3n) is 3.12. The van der Waals surface area contributed by atoms with Gasteiger partial charge in [0.1, 0.15) is 11.6 Å². The van der Waals surface area contributed by atoms with Gasteiger partial charge in [-0.25, -0.2) is 9.97 Å². The molecule has 0 spiro atoms. The van der Waals surface area contributed by atoms with Crippen molar-refractivity contribution < 1.29 is 4.74 Å². The van der Waals surface area contributed by atoms with Crippen LogP contribution in [-0.4, -0.2) is 50.4 Å². The Balaban J connectivity index is 2.14. The van der Waals surface area contributed by atoms with Crippen molar-refractivity contribution in [2.45, 2.75) is 12.8 Å². The Morgan fingerprint density at radius 1 is 1.39 bits per heavy atom. The van der Waals surface area contributed by atoms with Crippen LogP contribution in [0.4, 0.5) is 11.6 Å². The van der Waals surface area contributed by atoms with E-state index < -0.39 is 0 Å². The van der Waals surface area contributed by atoms with Crippen LogP contribution in [0.1, 0.15) is 12.8 Å². The van der Waals surface area contributed by atoms with Gasteiger partial charge >= 0.3 is 0 Å². The minimum Gasteiger partial charge on any atom is -0.383 e. The number of anilines is 2. The largest absolute Gasteiger partial charge is 0.383 e. The third-order valence-corrected chi connectivity index (χ3v) is 3.29. The highest BCUT2D eigenvalue weighted by atomic mass is 35.5. The molecule has 5 nitrogen and oxygen atoms in total. The molecule has 1 aliphatic rings. The maximum absolute atomic E-state index is 6.00. The molecule has 0 atom stereocenters. The number of ether oxygens (including phenoxy) is 1. The fourth-order valence-corrected chi connectivity index (χ4v) is 2.21. The standard InChI is InChI=1S/C12H19ClN4O/c1-16(7-8-18-2)10-9-11(15-12(13)14-10)17-5-3-4-6-17/h9H,3-8H2,1-2H3. The van der Waals surface area contributed by atoms with Crippen molar-refractivity contribution in [1.29, 1.82) is 0 Å². The Hall–Kier alpha value is -1.07. The average molecular weight is 271 g/mol. The van der Waals surface area contributed by atoms with Gasteiger partial charge < -0.3 is 14.5 Å². The van der Waals surface area contributed by atoms with Gasteiger partial charge in [-0.15, -0.1) is 0 Å². The zero-order valence-electron chi connectivity index (χ0n) is 10.9. The molecule has 18 heavy (non-hydrogen) atoms. The quantitative estimate of drug-likeness (QED) is 0.764. The second-order valence-corrected chi connectivity index (χ2v) is 4.80. The van der Waals surface area contributed by atoms with E-state index in [0.717, 1.165) is 31.3 Å². The van der Waals surface area contributed by atoms with Gasteiger partial charge in [0.05, 0.1) is 6.61 Å². The number of aromatic nitrogens is 2. The summed E-state index contributed by atoms with van der Waals surface area (Å²) in [4.78, 5) is 12.8. The summed E-state index contributed by atoms with van der Waals surface area (Å²) >= 11 is 6.00. The van der Waals surface area contributed by atoms with Crippen LogP contribution >= 0.6 is 11.6 Å². The molecule has 2 rings (SSSR count). The minimum atomic E-state index is 0.304. The van der Waals surface area contributed by atoms with Crippen molar-refractivity contribution in [1.82, 2.24) is 9.97 Å². The van der Waals surface area contributed by atoms with Gasteiger partial charge in [-0.05, 0) is 24.4 Å². The first kappa shape index (κ1) is 13.4. The summed E-state index contributed by atoms with van der Waals surface area (Å²) in [5.74, 6) is 1.76. The molecule has 1 fully saturated rings. The lowest BCUT2D eigenvalue weighted by Gasteiger charge is -2.21. The highest BCUT2D eigenvalue weighted by Crippen LogP contribution is 2.23. The number of rotatable bonds is 5. The van der Waals surface area contributed by atoms with E-state index >= 15 is 0 Å². The molecule has 0 bridgehead atoms. The zero-order valence-corrected chi connectivity index (χ0v) is 11.7. The van der Waals surface area contributed by atoms with Crippen LogP contribution in [0.2, 0.25) is 5.28 Å². The second-order valence-electron chi connectivity index (χ2n) is 4.46. The summed E-state index contributed by atoms with van der Waals surface area (Å²) < 4.78 is 5.07. The minimum absolute atomic E-state index is 0.304. The topological polar surface area (TPSA) is 41.5 Å². The van der Waals surface area contributed by atoms with Crippen LogP contribution in [-0.2, 0) is 4.74 Å². The number of likely N-dealkylation sites (N-methyl/N-ethyl adjacent to an activating group) is 1. The Morgan fingerprint density at radius 3 is 2.78 bits per heavy atom. The smallest absolute Gasteiger partial charge is 0.226 e. The molecular weight excluding hydrogens is 252 g/mol. The van der Waals surface area contributed by atoms with E-state index in [9.17, 15) is 0 Å². The summed E-state index contributed by atoms with van der Waals surface area (Å²) in [7, 11) is 3.67. The van der Waals surface area contributed by atoms with Crippen LogP contribution in [0, 0.1) is 0 Å². The number of halogens is 1. The molecule has 0 aliphatic carbocycles. The summed E-state index contributed by atoms with van der Waals surface area (Å²) in [5, 5.41) is 0.304. The first-order valence-electron chi connectivity index (χ1n) is 6.20. The second kappa shape index (κ2) is 6.20. The molecule has 0 radical (unpaired) electrons. The molecule has 0 aromatic carbocycles. The van der Waals surface area contributed by atoms with Crippen LogP contribution < -0.4 is 9.80 Å². The van der Waals surface area contributed by atoms with Crippen molar-refractivity contribution in [3.05, 3.63) is 11.3 Å². The van der Waals surface area contributed by atoms with Crippen LogP contribution in [0.5, 0.6) is 0 Å². The lowest BCUT2D eigenvalue weighted by molar-refractivity contribution is 0.206. The fourth-order valence-electron chi connectivity index (χ4n) is 2.04. The van der Waals surface area contributed by atoms with E-state index in [4.69, 9.17) is 16.3 Å². The van der Waals surface area contributed by atoms with Crippen molar-refractivity contribution >= 4 is 23.2 Å². The highest BCUT2D eigenvalue weighted by molar-refractivity contribution is 6.28. The van der Waals surface area contributed by atoms with Crippen LogP contribution in [0.25, 0.3) is 0 Å². The molecule has 1 aromatic rings. The molecule has 2 heterocycles. The summed E-state index contributed by atoms with van der Waals surface area (Å²) in [6.07, 6.45) is 2.44. The highest BCUT2D eigenvalue weighted by Gasteiger charge is 2.16.